The van der Waals surface area contributed by atoms with Gasteiger partial charge in [-0.15, -0.1) is 0 Å². The van der Waals surface area contributed by atoms with Crippen LogP contribution in [-0.2, 0) is 0 Å². The van der Waals surface area contributed by atoms with Crippen molar-refractivity contribution in [3.63, 3.8) is 0 Å². The molecule has 0 fully saturated rings. The molecule has 2 aromatic rings. The van der Waals surface area contributed by atoms with Crippen LogP contribution >= 0.6 is 23.2 Å². The molecule has 0 heterocycles. The van der Waals surface area contributed by atoms with Crippen molar-refractivity contribution >= 4 is 45.3 Å². The number of hydrogen-bond acceptors (Lipinski definition) is 4. The first kappa shape index (κ1) is 25.9. The van der Waals surface area contributed by atoms with Crippen LogP contribution in [0.4, 0.5) is 0 Å². The molecule has 0 aliphatic rings. The van der Waals surface area contributed by atoms with Gasteiger partial charge in [-0.2, -0.15) is 0 Å². The lowest BCUT2D eigenvalue weighted by molar-refractivity contribution is 0.100. The molecule has 140 valence electrons. The molecule has 2 rings (SSSR count). The Kier molecular flexibility index (Phi) is 12.1. The third-order valence-electron chi connectivity index (χ3n) is 3.04. The van der Waals surface area contributed by atoms with Gasteiger partial charge in [-0.25, -0.2) is 0 Å². The van der Waals surface area contributed by atoms with Crippen molar-refractivity contribution in [2.24, 2.45) is 0 Å². The van der Waals surface area contributed by atoms with E-state index in [-0.39, 0.29) is 26.4 Å². The van der Waals surface area contributed by atoms with Crippen molar-refractivity contribution in [1.29, 1.82) is 0 Å². The molecule has 6 heteroatoms. The highest BCUT2D eigenvalue weighted by atomic mass is 35.5. The van der Waals surface area contributed by atoms with Gasteiger partial charge in [0.15, 0.2) is 11.6 Å². The van der Waals surface area contributed by atoms with E-state index in [1.54, 1.807) is 24.3 Å². The summed E-state index contributed by atoms with van der Waals surface area (Å²) in [7, 11) is 0. The SMILES string of the molecule is C.C.CC(=O)c1ccc(C(C)=O)cc1.O=C(Cl)c1ccc(C(=O)Cl)cc1. The molecule has 0 aromatic heterocycles. The van der Waals surface area contributed by atoms with Gasteiger partial charge in [0.1, 0.15) is 0 Å². The largest absolute Gasteiger partial charge is 0.295 e. The van der Waals surface area contributed by atoms with E-state index in [2.05, 4.69) is 0 Å². The zero-order valence-electron chi connectivity index (χ0n) is 13.0. The van der Waals surface area contributed by atoms with Crippen LogP contribution in [0.3, 0.4) is 0 Å². The lowest BCUT2D eigenvalue weighted by Crippen LogP contribution is -1.95. The first-order valence-electron chi connectivity index (χ1n) is 6.84. The third kappa shape index (κ3) is 8.19. The molecule has 0 unspecified atom stereocenters. The van der Waals surface area contributed by atoms with Crippen molar-refractivity contribution in [2.75, 3.05) is 0 Å². The van der Waals surface area contributed by atoms with Gasteiger partial charge in [0, 0.05) is 22.3 Å². The molecule has 0 atom stereocenters. The Labute approximate surface area is 164 Å². The zero-order chi connectivity index (χ0) is 18.3. The summed E-state index contributed by atoms with van der Waals surface area (Å²) < 4.78 is 0. The van der Waals surface area contributed by atoms with Crippen molar-refractivity contribution < 1.29 is 19.2 Å². The molecular weight excluding hydrogens is 375 g/mol. The monoisotopic (exact) mass is 396 g/mol. The molecule has 0 spiro atoms. The Hall–Kier alpha value is -2.30. The number of carbonyl (C=O) groups is 4. The zero-order valence-corrected chi connectivity index (χ0v) is 14.5. The van der Waals surface area contributed by atoms with Gasteiger partial charge in [-0.05, 0) is 61.3 Å². The molecule has 0 aliphatic heterocycles. The first-order chi connectivity index (χ1) is 11.2. The first-order valence-corrected chi connectivity index (χ1v) is 7.59. The minimum Gasteiger partial charge on any atom is -0.295 e. The molecule has 0 amide bonds. The second kappa shape index (κ2) is 12.1. The Bertz CT molecular complexity index is 630. The third-order valence-corrected chi connectivity index (χ3v) is 3.47. The normalized spacial score (nSPS) is 8.77. The van der Waals surface area contributed by atoms with E-state index in [0.717, 1.165) is 0 Å². The predicted octanol–water partition coefficient (Wildman–Crippen LogP) is 5.81. The Morgan fingerprint density at radius 3 is 0.885 bits per heavy atom. The molecule has 0 radical (unpaired) electrons. The summed E-state index contributed by atoms with van der Waals surface area (Å²) in [5.74, 6) is 0.0372. The van der Waals surface area contributed by atoms with Gasteiger partial charge in [0.05, 0.1) is 0 Å². The van der Waals surface area contributed by atoms with Crippen LogP contribution in [0.25, 0.3) is 0 Å². The van der Waals surface area contributed by atoms with E-state index in [1.807, 2.05) is 0 Å². The summed E-state index contributed by atoms with van der Waals surface area (Å²) in [6, 6.07) is 12.5. The van der Waals surface area contributed by atoms with E-state index in [9.17, 15) is 19.2 Å². The smallest absolute Gasteiger partial charge is 0.252 e. The van der Waals surface area contributed by atoms with Gasteiger partial charge in [-0.3, -0.25) is 19.2 Å². The maximum atomic E-state index is 10.8. The molecule has 26 heavy (non-hydrogen) atoms. The number of Topliss-reactive ketones (excluding diaryl/α,β-unsaturated/α-hetero) is 2. The number of carbonyl (C=O) groups excluding carboxylic acids is 4. The summed E-state index contributed by atoms with van der Waals surface area (Å²) >= 11 is 10.4. The fraction of sp³-hybridized carbons (Fsp3) is 0.200. The number of rotatable bonds is 4. The van der Waals surface area contributed by atoms with Gasteiger partial charge < -0.3 is 0 Å². The molecule has 2 aromatic carbocycles. The number of hydrogen-bond donors (Lipinski definition) is 0. The Balaban J connectivity index is 0. The number of halogens is 2. The second-order valence-corrected chi connectivity index (χ2v) is 5.50. The van der Waals surface area contributed by atoms with E-state index in [4.69, 9.17) is 23.2 Å². The average Bonchev–Trinajstić information content (AvgIpc) is 2.55. The minimum absolute atomic E-state index is 0. The van der Waals surface area contributed by atoms with Gasteiger partial charge in [-0.1, -0.05) is 39.1 Å². The fourth-order valence-electron chi connectivity index (χ4n) is 1.67. The maximum Gasteiger partial charge on any atom is 0.252 e. The van der Waals surface area contributed by atoms with Crippen LogP contribution in [-0.4, -0.2) is 22.1 Å². The van der Waals surface area contributed by atoms with Crippen molar-refractivity contribution in [2.45, 2.75) is 28.7 Å². The molecule has 0 saturated heterocycles. The quantitative estimate of drug-likeness (QED) is 0.482. The summed E-state index contributed by atoms with van der Waals surface area (Å²) in [6.07, 6.45) is 0. The van der Waals surface area contributed by atoms with Crippen LogP contribution in [0.2, 0.25) is 0 Å². The lowest BCUT2D eigenvalue weighted by atomic mass is 10.1. The highest BCUT2D eigenvalue weighted by molar-refractivity contribution is 6.68. The molecule has 0 N–H and O–H groups in total. The summed E-state index contributed by atoms with van der Waals surface area (Å²) in [5, 5.41) is -1.10. The average molecular weight is 397 g/mol. The molecular formula is C20H22Cl2O4. The number of ketones is 2. The van der Waals surface area contributed by atoms with Gasteiger partial charge in [0.2, 0.25) is 0 Å². The topological polar surface area (TPSA) is 68.3 Å². The van der Waals surface area contributed by atoms with Crippen LogP contribution in [0.15, 0.2) is 48.5 Å². The van der Waals surface area contributed by atoms with E-state index < -0.39 is 10.5 Å². The molecule has 0 aliphatic carbocycles. The van der Waals surface area contributed by atoms with E-state index in [0.29, 0.717) is 22.3 Å². The van der Waals surface area contributed by atoms with Crippen molar-refractivity contribution in [3.8, 4) is 0 Å². The minimum atomic E-state index is -0.552. The van der Waals surface area contributed by atoms with E-state index in [1.165, 1.54) is 38.1 Å². The van der Waals surface area contributed by atoms with Gasteiger partial charge >= 0.3 is 0 Å². The Morgan fingerprint density at radius 1 is 0.538 bits per heavy atom. The molecule has 4 nitrogen and oxygen atoms in total. The van der Waals surface area contributed by atoms with Crippen molar-refractivity contribution in [1.82, 2.24) is 0 Å². The van der Waals surface area contributed by atoms with Crippen LogP contribution in [0.5, 0.6) is 0 Å². The maximum absolute atomic E-state index is 10.8. The fourth-order valence-corrected chi connectivity index (χ4v) is 1.92. The predicted molar refractivity (Wildman–Crippen MR) is 107 cm³/mol. The van der Waals surface area contributed by atoms with Crippen LogP contribution in [0.1, 0.15) is 70.1 Å². The standard InChI is InChI=1S/C10H10O2.C8H4Cl2O2.2CH4/c1-7(11)9-3-5-10(6-4-9)8(2)12;9-7(11)5-1-2-6(4-3-5)8(10)12;;/h3-6H,1-2H3;1-4H;2*1H4. The highest BCUT2D eigenvalue weighted by Gasteiger charge is 2.04. The van der Waals surface area contributed by atoms with Crippen molar-refractivity contribution in [3.05, 3.63) is 70.8 Å². The van der Waals surface area contributed by atoms with E-state index >= 15 is 0 Å². The van der Waals surface area contributed by atoms with Crippen LogP contribution < -0.4 is 0 Å². The molecule has 0 bridgehead atoms. The molecule has 0 saturated carbocycles. The summed E-state index contributed by atoms with van der Waals surface area (Å²) in [6.45, 7) is 3.01. The number of benzene rings is 2. The highest BCUT2D eigenvalue weighted by Crippen LogP contribution is 2.09. The van der Waals surface area contributed by atoms with Crippen LogP contribution in [0, 0.1) is 0 Å². The summed E-state index contributed by atoms with van der Waals surface area (Å²) in [4.78, 5) is 42.8. The summed E-state index contributed by atoms with van der Waals surface area (Å²) in [5.41, 5.74) is 1.97. The second-order valence-electron chi connectivity index (χ2n) is 4.81. The Morgan fingerprint density at radius 2 is 0.731 bits per heavy atom. The van der Waals surface area contributed by atoms with Gasteiger partial charge in [0.25, 0.3) is 10.5 Å². The lowest BCUT2D eigenvalue weighted by Gasteiger charge is -1.96.